The molecule has 2 aromatic carbocycles. The Morgan fingerprint density at radius 1 is 1.09 bits per heavy atom. The molecule has 122 valence electrons. The molecule has 0 spiro atoms. The average molecular weight is 356 g/mol. The predicted octanol–water partition coefficient (Wildman–Crippen LogP) is 4.25. The summed E-state index contributed by atoms with van der Waals surface area (Å²) in [6.45, 7) is 0. The molecule has 23 heavy (non-hydrogen) atoms. The Hall–Kier alpha value is -2.11. The molecule has 2 rings (SSSR count). The summed E-state index contributed by atoms with van der Waals surface area (Å²) < 4.78 is 10.2. The molecule has 0 radical (unpaired) electrons. The van der Waals surface area contributed by atoms with Crippen molar-refractivity contribution in [3.63, 3.8) is 0 Å². The molecule has 2 aromatic rings. The van der Waals surface area contributed by atoms with Gasteiger partial charge in [0.15, 0.2) is 6.04 Å². The van der Waals surface area contributed by atoms with E-state index in [0.717, 1.165) is 0 Å². The highest BCUT2D eigenvalue weighted by Crippen LogP contribution is 2.37. The SMILES string of the molecule is COc1cccc(C(Nc2c(Cl)cc(OC)cc2Cl)C(=O)O)c1. The standard InChI is InChI=1S/C16H15Cl2NO4/c1-22-10-5-3-4-9(6-10)14(16(20)21)19-15-12(17)7-11(23-2)8-13(15)18/h3-8,14,19H,1-2H3,(H,20,21). The fraction of sp³-hybridized carbons (Fsp3) is 0.188. The molecule has 5 nitrogen and oxygen atoms in total. The number of rotatable bonds is 6. The summed E-state index contributed by atoms with van der Waals surface area (Å²) in [5.74, 6) is -0.0255. The molecule has 2 N–H and O–H groups in total. The normalized spacial score (nSPS) is 11.7. The van der Waals surface area contributed by atoms with Gasteiger partial charge in [-0.3, -0.25) is 0 Å². The van der Waals surface area contributed by atoms with Crippen molar-refractivity contribution in [2.75, 3.05) is 19.5 Å². The van der Waals surface area contributed by atoms with Crippen LogP contribution in [-0.4, -0.2) is 25.3 Å². The van der Waals surface area contributed by atoms with Gasteiger partial charge in [-0.15, -0.1) is 0 Å². The number of nitrogens with one attached hydrogen (secondary N) is 1. The molecule has 0 bridgehead atoms. The molecule has 0 aliphatic rings. The van der Waals surface area contributed by atoms with Gasteiger partial charge in [-0.25, -0.2) is 4.79 Å². The quantitative estimate of drug-likeness (QED) is 0.810. The fourth-order valence-corrected chi connectivity index (χ4v) is 2.63. The van der Waals surface area contributed by atoms with Crippen molar-refractivity contribution >= 4 is 34.9 Å². The first-order chi connectivity index (χ1) is 11.0. The first-order valence-corrected chi connectivity index (χ1v) is 7.38. The number of carboxylic acid groups (broad SMARTS) is 1. The van der Waals surface area contributed by atoms with Gasteiger partial charge in [0.25, 0.3) is 0 Å². The van der Waals surface area contributed by atoms with Crippen LogP contribution in [0.25, 0.3) is 0 Å². The van der Waals surface area contributed by atoms with E-state index < -0.39 is 12.0 Å². The van der Waals surface area contributed by atoms with E-state index in [2.05, 4.69) is 5.32 Å². The minimum atomic E-state index is -1.07. The van der Waals surface area contributed by atoms with E-state index in [1.54, 1.807) is 36.4 Å². The lowest BCUT2D eigenvalue weighted by Gasteiger charge is -2.19. The van der Waals surface area contributed by atoms with Crippen LogP contribution < -0.4 is 14.8 Å². The molecule has 0 aliphatic carbocycles. The Kier molecular flexibility index (Phi) is 5.58. The van der Waals surface area contributed by atoms with Gasteiger partial charge in [-0.05, 0) is 17.7 Å². The van der Waals surface area contributed by atoms with Gasteiger partial charge >= 0.3 is 5.97 Å². The summed E-state index contributed by atoms with van der Waals surface area (Å²) in [6, 6.07) is 8.84. The third-order valence-electron chi connectivity index (χ3n) is 3.21. The number of aliphatic carboxylic acids is 1. The number of ether oxygens (including phenoxy) is 2. The zero-order valence-corrected chi connectivity index (χ0v) is 14.0. The second-order valence-electron chi connectivity index (χ2n) is 4.66. The number of halogens is 2. The molecular weight excluding hydrogens is 341 g/mol. The summed E-state index contributed by atoms with van der Waals surface area (Å²) in [4.78, 5) is 11.6. The van der Waals surface area contributed by atoms with Crippen molar-refractivity contribution < 1.29 is 19.4 Å². The zero-order valence-electron chi connectivity index (χ0n) is 12.5. The number of carboxylic acids is 1. The van der Waals surface area contributed by atoms with Gasteiger partial charge in [-0.2, -0.15) is 0 Å². The van der Waals surface area contributed by atoms with E-state index >= 15 is 0 Å². The molecular formula is C16H15Cl2NO4. The summed E-state index contributed by atoms with van der Waals surface area (Å²) >= 11 is 12.3. The van der Waals surface area contributed by atoms with Crippen LogP contribution in [0.1, 0.15) is 11.6 Å². The number of benzene rings is 2. The zero-order chi connectivity index (χ0) is 17.0. The van der Waals surface area contributed by atoms with Gasteiger partial charge in [0.2, 0.25) is 0 Å². The largest absolute Gasteiger partial charge is 0.497 e. The van der Waals surface area contributed by atoms with Gasteiger partial charge in [0, 0.05) is 12.1 Å². The van der Waals surface area contributed by atoms with Crippen molar-refractivity contribution in [3.8, 4) is 11.5 Å². The molecule has 0 aromatic heterocycles. The van der Waals surface area contributed by atoms with Gasteiger partial charge in [-0.1, -0.05) is 35.3 Å². The Balaban J connectivity index is 2.39. The second kappa shape index (κ2) is 7.44. The maximum Gasteiger partial charge on any atom is 0.330 e. The van der Waals surface area contributed by atoms with E-state index in [-0.39, 0.29) is 10.0 Å². The number of carbonyl (C=O) groups is 1. The first kappa shape index (κ1) is 17.2. The smallest absolute Gasteiger partial charge is 0.330 e. The van der Waals surface area contributed by atoms with Crippen LogP contribution in [0.4, 0.5) is 5.69 Å². The lowest BCUT2D eigenvalue weighted by atomic mass is 10.1. The monoisotopic (exact) mass is 355 g/mol. The number of hydrogen-bond acceptors (Lipinski definition) is 4. The van der Waals surface area contributed by atoms with E-state index in [1.165, 1.54) is 14.2 Å². The number of methoxy groups -OCH3 is 2. The topological polar surface area (TPSA) is 67.8 Å². The van der Waals surface area contributed by atoms with Crippen LogP contribution >= 0.6 is 23.2 Å². The summed E-state index contributed by atoms with van der Waals surface area (Å²) in [6.07, 6.45) is 0. The minimum Gasteiger partial charge on any atom is -0.497 e. The van der Waals surface area contributed by atoms with Crippen molar-refractivity contribution in [2.24, 2.45) is 0 Å². The molecule has 0 fully saturated rings. The molecule has 0 heterocycles. The summed E-state index contributed by atoms with van der Waals surface area (Å²) in [5.41, 5.74) is 0.837. The predicted molar refractivity (Wildman–Crippen MR) is 90.0 cm³/mol. The van der Waals surface area contributed by atoms with Gasteiger partial charge < -0.3 is 19.9 Å². The summed E-state index contributed by atoms with van der Waals surface area (Å²) in [7, 11) is 3.00. The van der Waals surface area contributed by atoms with Crippen LogP contribution in [-0.2, 0) is 4.79 Å². The van der Waals surface area contributed by atoms with E-state index in [0.29, 0.717) is 22.7 Å². The highest BCUT2D eigenvalue weighted by Gasteiger charge is 2.22. The molecule has 0 amide bonds. The maximum absolute atomic E-state index is 11.6. The molecule has 0 aliphatic heterocycles. The Morgan fingerprint density at radius 3 is 2.22 bits per heavy atom. The Bertz CT molecular complexity index is 698. The lowest BCUT2D eigenvalue weighted by Crippen LogP contribution is -2.21. The molecule has 0 saturated carbocycles. The highest BCUT2D eigenvalue weighted by molar-refractivity contribution is 6.39. The third-order valence-corrected chi connectivity index (χ3v) is 3.81. The van der Waals surface area contributed by atoms with Crippen molar-refractivity contribution in [1.29, 1.82) is 0 Å². The summed E-state index contributed by atoms with van der Waals surface area (Å²) in [5, 5.41) is 12.9. The number of hydrogen-bond donors (Lipinski definition) is 2. The molecule has 1 unspecified atom stereocenters. The van der Waals surface area contributed by atoms with Crippen molar-refractivity contribution in [3.05, 3.63) is 52.0 Å². The van der Waals surface area contributed by atoms with Crippen LogP contribution in [0.2, 0.25) is 10.0 Å². The van der Waals surface area contributed by atoms with Crippen LogP contribution in [0.5, 0.6) is 11.5 Å². The van der Waals surface area contributed by atoms with Crippen LogP contribution in [0.3, 0.4) is 0 Å². The fourth-order valence-electron chi connectivity index (χ4n) is 2.06. The van der Waals surface area contributed by atoms with Gasteiger partial charge in [0.05, 0.1) is 30.0 Å². The van der Waals surface area contributed by atoms with E-state index in [9.17, 15) is 9.90 Å². The van der Waals surface area contributed by atoms with E-state index in [4.69, 9.17) is 32.7 Å². The molecule has 0 saturated heterocycles. The van der Waals surface area contributed by atoms with Crippen molar-refractivity contribution in [2.45, 2.75) is 6.04 Å². The van der Waals surface area contributed by atoms with Crippen LogP contribution in [0, 0.1) is 0 Å². The van der Waals surface area contributed by atoms with E-state index in [1.807, 2.05) is 0 Å². The minimum absolute atomic E-state index is 0.267. The van der Waals surface area contributed by atoms with Crippen LogP contribution in [0.15, 0.2) is 36.4 Å². The average Bonchev–Trinajstić information content (AvgIpc) is 2.53. The van der Waals surface area contributed by atoms with Gasteiger partial charge in [0.1, 0.15) is 11.5 Å². The maximum atomic E-state index is 11.6. The molecule has 7 heteroatoms. The number of anilines is 1. The molecule has 1 atom stereocenters. The lowest BCUT2D eigenvalue weighted by molar-refractivity contribution is -0.138. The Morgan fingerprint density at radius 2 is 1.70 bits per heavy atom. The van der Waals surface area contributed by atoms with Crippen molar-refractivity contribution in [1.82, 2.24) is 0 Å². The second-order valence-corrected chi connectivity index (χ2v) is 5.47. The Labute approximate surface area is 143 Å². The highest BCUT2D eigenvalue weighted by atomic mass is 35.5. The third kappa shape index (κ3) is 4.00. The first-order valence-electron chi connectivity index (χ1n) is 6.62.